The molecule has 0 bridgehead atoms. The van der Waals surface area contributed by atoms with Gasteiger partial charge in [0.2, 0.25) is 0 Å². The maximum Gasteiger partial charge on any atom is 0.416 e. The molecule has 0 heterocycles. The second-order valence-electron chi connectivity index (χ2n) is 5.11. The van der Waals surface area contributed by atoms with Crippen molar-refractivity contribution in [2.75, 3.05) is 7.11 Å². The highest BCUT2D eigenvalue weighted by Crippen LogP contribution is 2.34. The molecule has 1 N–H and O–H groups in total. The lowest BCUT2D eigenvalue weighted by Gasteiger charge is -2.15. The quantitative estimate of drug-likeness (QED) is 0.666. The van der Waals surface area contributed by atoms with E-state index in [1.54, 1.807) is 0 Å². The minimum atomic E-state index is -4.61. The maximum atomic E-state index is 13.1. The van der Waals surface area contributed by atoms with E-state index in [0.717, 1.165) is 18.2 Å². The summed E-state index contributed by atoms with van der Waals surface area (Å²) in [7, 11) is 1.25. The third kappa shape index (κ3) is 6.71. The number of nitrogens with one attached hydrogen (secondary N) is 1. The van der Waals surface area contributed by atoms with Crippen LogP contribution >= 0.6 is 0 Å². The van der Waals surface area contributed by atoms with Crippen LogP contribution in [0.3, 0.4) is 0 Å². The Morgan fingerprint density at radius 1 is 1.04 bits per heavy atom. The number of ether oxygens (including phenoxy) is 2. The molecule has 4 nitrogen and oxygen atoms in total. The van der Waals surface area contributed by atoms with Gasteiger partial charge in [0.05, 0.1) is 12.7 Å². The number of rotatable bonds is 6. The third-order valence-electron chi connectivity index (χ3n) is 3.40. The monoisotopic (exact) mass is 405 g/mol. The molecule has 0 fully saturated rings. The van der Waals surface area contributed by atoms with Crippen LogP contribution in [0.2, 0.25) is 0 Å². The first-order chi connectivity index (χ1) is 13.2. The van der Waals surface area contributed by atoms with Crippen LogP contribution in [0.15, 0.2) is 42.5 Å². The van der Waals surface area contributed by atoms with Gasteiger partial charge in [-0.1, -0.05) is 19.9 Å². The van der Waals surface area contributed by atoms with E-state index in [9.17, 15) is 26.7 Å². The zero-order valence-electron chi connectivity index (χ0n) is 15.4. The molecule has 2 aromatic rings. The normalized spacial score (nSPS) is 10.8. The summed E-state index contributed by atoms with van der Waals surface area (Å²) in [4.78, 5) is 12.0. The molecule has 0 saturated carbocycles. The summed E-state index contributed by atoms with van der Waals surface area (Å²) >= 11 is 0. The number of halogens is 5. The highest BCUT2D eigenvalue weighted by Gasteiger charge is 2.33. The molecule has 0 unspecified atom stereocenters. The van der Waals surface area contributed by atoms with Crippen molar-refractivity contribution in [2.24, 2.45) is 0 Å². The molecule has 0 atom stereocenters. The number of hydrogen-bond donors (Lipinski definition) is 1. The number of hydrogen-bond acceptors (Lipinski definition) is 3. The minimum absolute atomic E-state index is 0.0435. The average molecular weight is 405 g/mol. The summed E-state index contributed by atoms with van der Waals surface area (Å²) in [5.74, 6) is -0.745. The molecule has 0 radical (unpaired) electrons. The molecule has 28 heavy (non-hydrogen) atoms. The summed E-state index contributed by atoms with van der Waals surface area (Å²) < 4.78 is 72.4. The SMILES string of the molecule is CC.COc1ccc(CNC(=O)c2ccc(OC(F)F)cc2)c(C(F)(F)F)c1. The van der Waals surface area contributed by atoms with Crippen molar-refractivity contribution in [3.63, 3.8) is 0 Å². The molecule has 0 aliphatic carbocycles. The van der Waals surface area contributed by atoms with Crippen molar-refractivity contribution in [1.29, 1.82) is 0 Å². The Labute approximate surface area is 159 Å². The predicted molar refractivity (Wildman–Crippen MR) is 93.6 cm³/mol. The van der Waals surface area contributed by atoms with Gasteiger partial charge >= 0.3 is 12.8 Å². The van der Waals surface area contributed by atoms with Crippen LogP contribution < -0.4 is 14.8 Å². The van der Waals surface area contributed by atoms with Gasteiger partial charge in [-0.05, 0) is 42.0 Å². The molecule has 0 aliphatic heterocycles. The minimum Gasteiger partial charge on any atom is -0.497 e. The maximum absolute atomic E-state index is 13.1. The first-order valence-corrected chi connectivity index (χ1v) is 8.28. The van der Waals surface area contributed by atoms with Gasteiger partial charge in [0.1, 0.15) is 11.5 Å². The van der Waals surface area contributed by atoms with Crippen LogP contribution in [-0.4, -0.2) is 19.6 Å². The number of benzene rings is 2. The second kappa shape index (κ2) is 10.5. The van der Waals surface area contributed by atoms with Gasteiger partial charge in [0.25, 0.3) is 5.91 Å². The van der Waals surface area contributed by atoms with Crippen LogP contribution in [0, 0.1) is 0 Å². The topological polar surface area (TPSA) is 47.6 Å². The van der Waals surface area contributed by atoms with Gasteiger partial charge in [-0.3, -0.25) is 4.79 Å². The molecular formula is C19H20F5NO3. The summed E-state index contributed by atoms with van der Waals surface area (Å²) in [6.45, 7) is 0.637. The van der Waals surface area contributed by atoms with Gasteiger partial charge in [0.15, 0.2) is 0 Å². The van der Waals surface area contributed by atoms with E-state index in [-0.39, 0.29) is 29.2 Å². The second-order valence-corrected chi connectivity index (χ2v) is 5.11. The lowest BCUT2D eigenvalue weighted by Crippen LogP contribution is -2.24. The third-order valence-corrected chi connectivity index (χ3v) is 3.40. The molecule has 0 aliphatic rings. The standard InChI is InChI=1S/C17H14F5NO3.C2H6/c1-25-13-7-4-11(14(8-13)17(20,21)22)9-23-15(24)10-2-5-12(6-3-10)26-16(18)19;1-2/h2-8,16H,9H2,1H3,(H,23,24);1-2H3. The lowest BCUT2D eigenvalue weighted by molar-refractivity contribution is -0.138. The Balaban J connectivity index is 0.00000190. The van der Waals surface area contributed by atoms with Crippen LogP contribution in [-0.2, 0) is 12.7 Å². The van der Waals surface area contributed by atoms with Crippen LogP contribution in [0.25, 0.3) is 0 Å². The molecule has 0 aromatic heterocycles. The zero-order valence-corrected chi connectivity index (χ0v) is 15.4. The zero-order chi connectivity index (χ0) is 21.3. The van der Waals surface area contributed by atoms with E-state index in [1.807, 2.05) is 13.8 Å². The van der Waals surface area contributed by atoms with E-state index in [2.05, 4.69) is 10.1 Å². The molecule has 2 rings (SSSR count). The van der Waals surface area contributed by atoms with Crippen LogP contribution in [0.1, 0.15) is 35.3 Å². The summed E-state index contributed by atoms with van der Waals surface area (Å²) in [5.41, 5.74) is -0.962. The molecular weight excluding hydrogens is 385 g/mol. The number of alkyl halides is 5. The van der Waals surface area contributed by atoms with Crippen LogP contribution in [0.4, 0.5) is 22.0 Å². The van der Waals surface area contributed by atoms with Gasteiger partial charge < -0.3 is 14.8 Å². The van der Waals surface area contributed by atoms with Crippen molar-refractivity contribution in [3.8, 4) is 11.5 Å². The van der Waals surface area contributed by atoms with Gasteiger partial charge in [0, 0.05) is 12.1 Å². The molecule has 0 saturated heterocycles. The highest BCUT2D eigenvalue weighted by molar-refractivity contribution is 5.94. The molecule has 0 spiro atoms. The predicted octanol–water partition coefficient (Wildman–Crippen LogP) is 5.27. The van der Waals surface area contributed by atoms with E-state index in [0.29, 0.717) is 0 Å². The summed E-state index contributed by atoms with van der Waals surface area (Å²) in [5, 5.41) is 2.36. The van der Waals surface area contributed by atoms with E-state index < -0.39 is 24.3 Å². The van der Waals surface area contributed by atoms with Crippen molar-refractivity contribution in [2.45, 2.75) is 33.2 Å². The van der Waals surface area contributed by atoms with E-state index in [4.69, 9.17) is 4.74 Å². The van der Waals surface area contributed by atoms with Gasteiger partial charge in [-0.15, -0.1) is 0 Å². The van der Waals surface area contributed by atoms with Crippen molar-refractivity contribution < 1.29 is 36.2 Å². The first-order valence-electron chi connectivity index (χ1n) is 8.28. The average Bonchev–Trinajstić information content (AvgIpc) is 2.67. The molecule has 1 amide bonds. The van der Waals surface area contributed by atoms with Crippen molar-refractivity contribution in [1.82, 2.24) is 5.32 Å². The Morgan fingerprint density at radius 3 is 2.11 bits per heavy atom. The lowest BCUT2D eigenvalue weighted by atomic mass is 10.1. The van der Waals surface area contributed by atoms with Gasteiger partial charge in [-0.2, -0.15) is 22.0 Å². The van der Waals surface area contributed by atoms with Gasteiger partial charge in [-0.25, -0.2) is 0 Å². The van der Waals surface area contributed by atoms with E-state index in [1.165, 1.54) is 31.4 Å². The molecule has 154 valence electrons. The Kier molecular flexibility index (Phi) is 8.69. The Hall–Kier alpha value is -2.84. The smallest absolute Gasteiger partial charge is 0.416 e. The van der Waals surface area contributed by atoms with Crippen LogP contribution in [0.5, 0.6) is 11.5 Å². The fourth-order valence-electron chi connectivity index (χ4n) is 2.17. The van der Waals surface area contributed by atoms with Crippen molar-refractivity contribution >= 4 is 5.91 Å². The highest BCUT2D eigenvalue weighted by atomic mass is 19.4. The van der Waals surface area contributed by atoms with Crippen molar-refractivity contribution in [3.05, 3.63) is 59.2 Å². The molecule has 9 heteroatoms. The number of carbonyl (C=O) groups is 1. The Morgan fingerprint density at radius 2 is 1.61 bits per heavy atom. The number of amides is 1. The summed E-state index contributed by atoms with van der Waals surface area (Å²) in [6, 6.07) is 8.19. The first kappa shape index (κ1) is 23.2. The number of methoxy groups -OCH3 is 1. The fourth-order valence-corrected chi connectivity index (χ4v) is 2.17. The summed E-state index contributed by atoms with van der Waals surface area (Å²) in [6.07, 6.45) is -4.61. The number of carbonyl (C=O) groups excluding carboxylic acids is 1. The van der Waals surface area contributed by atoms with E-state index >= 15 is 0 Å². The Bertz CT molecular complexity index is 761. The molecule has 2 aromatic carbocycles. The fraction of sp³-hybridized carbons (Fsp3) is 0.316. The largest absolute Gasteiger partial charge is 0.497 e.